The highest BCUT2D eigenvalue weighted by atomic mass is 15.0. The van der Waals surface area contributed by atoms with Gasteiger partial charge in [0.25, 0.3) is 0 Å². The molecule has 0 atom stereocenters. The molecule has 130 valence electrons. The average molecular weight is 348 g/mol. The molecule has 0 aliphatic heterocycles. The summed E-state index contributed by atoms with van der Waals surface area (Å²) in [5, 5.41) is 3.74. The SMILES string of the molecule is C=Cc1[nH]c2c(ccc3c4ccccc4n(-c4ccccc4)c32)c1/C=C\C. The van der Waals surface area contributed by atoms with Crippen LogP contribution in [-0.4, -0.2) is 9.55 Å². The molecule has 0 spiro atoms. The molecule has 1 N–H and O–H groups in total. The number of allylic oxidation sites excluding steroid dienone is 1. The third kappa shape index (κ3) is 2.20. The Morgan fingerprint density at radius 1 is 0.852 bits per heavy atom. The van der Waals surface area contributed by atoms with E-state index in [1.807, 2.05) is 13.0 Å². The van der Waals surface area contributed by atoms with Gasteiger partial charge in [-0.05, 0) is 31.2 Å². The highest BCUT2D eigenvalue weighted by Gasteiger charge is 2.17. The topological polar surface area (TPSA) is 20.7 Å². The standard InChI is InChI=1S/C25H20N2/c1-3-10-18-20-15-16-21-19-13-8-9-14-23(19)27(17-11-6-5-7-12-17)25(21)24(20)26-22(18)4-2/h3-16,26H,2H2,1H3/b10-3-. The Labute approximate surface area is 158 Å². The van der Waals surface area contributed by atoms with Crippen molar-refractivity contribution in [3.8, 4) is 5.69 Å². The Morgan fingerprint density at radius 3 is 2.37 bits per heavy atom. The Morgan fingerprint density at radius 2 is 1.59 bits per heavy atom. The predicted octanol–water partition coefficient (Wildman–Crippen LogP) is 6.94. The van der Waals surface area contributed by atoms with E-state index in [-0.39, 0.29) is 0 Å². The van der Waals surface area contributed by atoms with Crippen molar-refractivity contribution in [3.05, 3.63) is 90.6 Å². The van der Waals surface area contributed by atoms with Gasteiger partial charge in [-0.1, -0.05) is 67.3 Å². The maximum atomic E-state index is 4.00. The molecule has 0 saturated heterocycles. The largest absolute Gasteiger partial charge is 0.353 e. The lowest BCUT2D eigenvalue weighted by molar-refractivity contribution is 1.18. The molecule has 2 heterocycles. The number of fused-ring (bicyclic) bond motifs is 5. The highest BCUT2D eigenvalue weighted by Crippen LogP contribution is 2.38. The third-order valence-corrected chi connectivity index (χ3v) is 5.23. The Kier molecular flexibility index (Phi) is 3.51. The van der Waals surface area contributed by atoms with E-state index in [1.54, 1.807) is 0 Å². The van der Waals surface area contributed by atoms with Crippen molar-refractivity contribution < 1.29 is 0 Å². The van der Waals surface area contributed by atoms with E-state index < -0.39 is 0 Å². The van der Waals surface area contributed by atoms with Gasteiger partial charge in [0, 0.05) is 33.1 Å². The van der Waals surface area contributed by atoms with Gasteiger partial charge in [0.05, 0.1) is 16.6 Å². The zero-order valence-electron chi connectivity index (χ0n) is 15.2. The minimum atomic E-state index is 1.06. The molecule has 0 saturated carbocycles. The summed E-state index contributed by atoms with van der Waals surface area (Å²) in [4.78, 5) is 3.62. The van der Waals surface area contributed by atoms with Crippen LogP contribution in [0.5, 0.6) is 0 Å². The lowest BCUT2D eigenvalue weighted by Gasteiger charge is -2.08. The zero-order chi connectivity index (χ0) is 18.4. The van der Waals surface area contributed by atoms with Crippen molar-refractivity contribution in [2.75, 3.05) is 0 Å². The fourth-order valence-corrected chi connectivity index (χ4v) is 4.11. The number of aromatic nitrogens is 2. The van der Waals surface area contributed by atoms with Gasteiger partial charge in [-0.15, -0.1) is 0 Å². The summed E-state index contributed by atoms with van der Waals surface area (Å²) in [6.07, 6.45) is 6.13. The molecular weight excluding hydrogens is 328 g/mol. The lowest BCUT2D eigenvalue weighted by atomic mass is 10.1. The van der Waals surface area contributed by atoms with Gasteiger partial charge in [0.15, 0.2) is 0 Å². The number of hydrogen-bond donors (Lipinski definition) is 1. The lowest BCUT2D eigenvalue weighted by Crippen LogP contribution is -1.93. The predicted molar refractivity (Wildman–Crippen MR) is 117 cm³/mol. The van der Waals surface area contributed by atoms with Gasteiger partial charge in [-0.2, -0.15) is 0 Å². The van der Waals surface area contributed by atoms with Crippen LogP contribution in [0.15, 0.2) is 79.4 Å². The molecule has 3 aromatic carbocycles. The molecule has 5 aromatic rings. The number of rotatable bonds is 3. The summed E-state index contributed by atoms with van der Waals surface area (Å²) in [6, 6.07) is 23.6. The van der Waals surface area contributed by atoms with Crippen LogP contribution in [0.2, 0.25) is 0 Å². The van der Waals surface area contributed by atoms with Gasteiger partial charge in [-0.25, -0.2) is 0 Å². The Balaban J connectivity index is 2.05. The average Bonchev–Trinajstić information content (AvgIpc) is 3.24. The summed E-state index contributed by atoms with van der Waals surface area (Å²) >= 11 is 0. The van der Waals surface area contributed by atoms with Gasteiger partial charge >= 0.3 is 0 Å². The summed E-state index contributed by atoms with van der Waals surface area (Å²) in [5.74, 6) is 0. The van der Waals surface area contributed by atoms with E-state index in [1.165, 1.54) is 38.4 Å². The van der Waals surface area contributed by atoms with Crippen LogP contribution in [-0.2, 0) is 0 Å². The number of nitrogens with zero attached hydrogens (tertiary/aromatic N) is 1. The van der Waals surface area contributed by atoms with Crippen molar-refractivity contribution in [1.82, 2.24) is 9.55 Å². The monoisotopic (exact) mass is 348 g/mol. The fourth-order valence-electron chi connectivity index (χ4n) is 4.11. The van der Waals surface area contributed by atoms with E-state index in [4.69, 9.17) is 0 Å². The van der Waals surface area contributed by atoms with Crippen molar-refractivity contribution in [2.45, 2.75) is 6.92 Å². The van der Waals surface area contributed by atoms with Crippen molar-refractivity contribution in [2.24, 2.45) is 0 Å². The Bertz CT molecular complexity index is 1330. The van der Waals surface area contributed by atoms with Crippen LogP contribution in [0.25, 0.3) is 50.5 Å². The molecule has 0 radical (unpaired) electrons. The van der Waals surface area contributed by atoms with E-state index in [0.717, 1.165) is 11.2 Å². The number of benzene rings is 3. The molecule has 0 aliphatic rings. The molecule has 2 aromatic heterocycles. The first-order valence-corrected chi connectivity index (χ1v) is 9.22. The van der Waals surface area contributed by atoms with Crippen LogP contribution >= 0.6 is 0 Å². The van der Waals surface area contributed by atoms with Crippen LogP contribution in [0, 0.1) is 0 Å². The summed E-state index contributed by atoms with van der Waals surface area (Å²) in [6.45, 7) is 6.05. The van der Waals surface area contributed by atoms with Crippen LogP contribution in [0.4, 0.5) is 0 Å². The van der Waals surface area contributed by atoms with Gasteiger partial charge in [0.1, 0.15) is 0 Å². The van der Waals surface area contributed by atoms with E-state index in [2.05, 4.69) is 95.0 Å². The first-order chi connectivity index (χ1) is 13.3. The first-order valence-electron chi connectivity index (χ1n) is 9.22. The summed E-state index contributed by atoms with van der Waals surface area (Å²) < 4.78 is 2.36. The molecule has 2 nitrogen and oxygen atoms in total. The maximum Gasteiger partial charge on any atom is 0.0783 e. The third-order valence-electron chi connectivity index (χ3n) is 5.23. The quantitative estimate of drug-likeness (QED) is 0.364. The molecule has 0 amide bonds. The molecule has 0 aliphatic carbocycles. The minimum absolute atomic E-state index is 1.06. The molecule has 0 fully saturated rings. The van der Waals surface area contributed by atoms with E-state index >= 15 is 0 Å². The maximum absolute atomic E-state index is 4.00. The van der Waals surface area contributed by atoms with Gasteiger partial charge in [-0.3, -0.25) is 0 Å². The second kappa shape index (κ2) is 6.03. The number of nitrogens with one attached hydrogen (secondary N) is 1. The minimum Gasteiger partial charge on any atom is -0.353 e. The van der Waals surface area contributed by atoms with Crippen molar-refractivity contribution in [1.29, 1.82) is 0 Å². The smallest absolute Gasteiger partial charge is 0.0783 e. The number of H-pyrrole nitrogens is 1. The number of para-hydroxylation sites is 2. The van der Waals surface area contributed by atoms with Crippen molar-refractivity contribution in [3.63, 3.8) is 0 Å². The zero-order valence-corrected chi connectivity index (χ0v) is 15.2. The van der Waals surface area contributed by atoms with Gasteiger partial charge < -0.3 is 9.55 Å². The second-order valence-electron chi connectivity index (χ2n) is 6.73. The van der Waals surface area contributed by atoms with Crippen LogP contribution < -0.4 is 0 Å². The molecule has 0 unspecified atom stereocenters. The number of aromatic amines is 1. The van der Waals surface area contributed by atoms with Crippen molar-refractivity contribution >= 4 is 44.9 Å². The van der Waals surface area contributed by atoms with E-state index in [9.17, 15) is 0 Å². The second-order valence-corrected chi connectivity index (χ2v) is 6.73. The van der Waals surface area contributed by atoms with Crippen LogP contribution in [0.3, 0.4) is 0 Å². The molecule has 5 rings (SSSR count). The molecule has 0 bridgehead atoms. The Hall–Kier alpha value is -3.52. The normalized spacial score (nSPS) is 11.9. The summed E-state index contributed by atoms with van der Waals surface area (Å²) in [5.41, 5.74) is 6.98. The first kappa shape index (κ1) is 15.7. The molecule has 27 heavy (non-hydrogen) atoms. The van der Waals surface area contributed by atoms with Crippen LogP contribution in [0.1, 0.15) is 18.2 Å². The van der Waals surface area contributed by atoms with Gasteiger partial charge in [0.2, 0.25) is 0 Å². The molecular formula is C25H20N2. The number of hydrogen-bond acceptors (Lipinski definition) is 0. The highest BCUT2D eigenvalue weighted by molar-refractivity contribution is 6.19. The summed E-state index contributed by atoms with van der Waals surface area (Å²) in [7, 11) is 0. The molecule has 2 heteroatoms. The fraction of sp³-hybridized carbons (Fsp3) is 0.0400. The van der Waals surface area contributed by atoms with E-state index in [0.29, 0.717) is 0 Å².